The number of aliphatic hydroxyl groups is 1. The summed E-state index contributed by atoms with van der Waals surface area (Å²) in [6.45, 7) is 19.2. The SMILES string of the molecule is CC[C@H](C)[C@@H]([C@@H](CC(=O)N1CCC[C@H]1[C@H](OC)[C@@H](C)C(=O)C[C@H](C)[C@@H](O)c1ccccc1)OC)N(C)C(=O)[C@@H](CC(=O)[C@H](C(C)C)N(C)C(=O)OCc1ccc(NC(=O)[C@H](CCCNC(N)=O)NC(=O)[C@@H](N)C(C)C)cc1)C(C)C. The maximum absolute atomic E-state index is 14.8. The van der Waals surface area contributed by atoms with Crippen LogP contribution in [0.5, 0.6) is 0 Å². The molecule has 20 heteroatoms. The minimum Gasteiger partial charge on any atom is -0.445 e. The second-order valence-corrected chi connectivity index (χ2v) is 22.9. The van der Waals surface area contributed by atoms with E-state index in [4.69, 9.17) is 25.7 Å². The van der Waals surface area contributed by atoms with Gasteiger partial charge in [0.25, 0.3) is 0 Å². The van der Waals surface area contributed by atoms with Gasteiger partial charge in [0.1, 0.15) is 18.4 Å². The van der Waals surface area contributed by atoms with E-state index >= 15 is 0 Å². The van der Waals surface area contributed by atoms with Crippen molar-refractivity contribution < 1.29 is 57.7 Å². The van der Waals surface area contributed by atoms with Crippen molar-refractivity contribution in [1.29, 1.82) is 0 Å². The highest BCUT2D eigenvalue weighted by atomic mass is 16.6. The van der Waals surface area contributed by atoms with Gasteiger partial charge >= 0.3 is 12.1 Å². The fourth-order valence-corrected chi connectivity index (χ4v) is 10.8. The molecule has 7 amide bonds. The number of hydrogen-bond acceptors (Lipinski definition) is 13. The maximum Gasteiger partial charge on any atom is 0.410 e. The molecular weight excluding hydrogens is 1020 g/mol. The van der Waals surface area contributed by atoms with E-state index in [1.54, 1.807) is 62.1 Å². The van der Waals surface area contributed by atoms with Gasteiger partial charge in [-0.2, -0.15) is 0 Å². The summed E-state index contributed by atoms with van der Waals surface area (Å²) in [4.78, 5) is 113. The lowest BCUT2D eigenvalue weighted by Crippen LogP contribution is -2.54. The Kier molecular flexibility index (Phi) is 28.3. The molecule has 8 N–H and O–H groups in total. The quantitative estimate of drug-likeness (QED) is 0.0411. The summed E-state index contributed by atoms with van der Waals surface area (Å²) in [5.74, 6) is -4.42. The Morgan fingerprint density at radius 2 is 1.41 bits per heavy atom. The highest BCUT2D eigenvalue weighted by molar-refractivity contribution is 5.98. The third-order valence-corrected chi connectivity index (χ3v) is 16.0. The van der Waals surface area contributed by atoms with Gasteiger partial charge in [-0.25, -0.2) is 9.59 Å². The number of Topliss-reactive ketones (excluding diaryl/α,β-unsaturated/α-hetero) is 2. The lowest BCUT2D eigenvalue weighted by atomic mass is 9.83. The largest absolute Gasteiger partial charge is 0.445 e. The minimum atomic E-state index is -0.958. The molecule has 12 atom stereocenters. The Morgan fingerprint density at radius 1 is 0.775 bits per heavy atom. The maximum atomic E-state index is 14.8. The highest BCUT2D eigenvalue weighted by Gasteiger charge is 2.44. The fourth-order valence-electron chi connectivity index (χ4n) is 10.8. The van der Waals surface area contributed by atoms with Crippen molar-refractivity contribution in [1.82, 2.24) is 25.3 Å². The van der Waals surface area contributed by atoms with Gasteiger partial charge in [0.15, 0.2) is 5.78 Å². The van der Waals surface area contributed by atoms with Crippen LogP contribution in [0.15, 0.2) is 54.6 Å². The van der Waals surface area contributed by atoms with Gasteiger partial charge in [0.2, 0.25) is 23.6 Å². The van der Waals surface area contributed by atoms with E-state index in [9.17, 15) is 43.5 Å². The predicted molar refractivity (Wildman–Crippen MR) is 307 cm³/mol. The van der Waals surface area contributed by atoms with Crippen molar-refractivity contribution >= 4 is 53.0 Å². The number of nitrogens with two attached hydrogens (primary N) is 2. The van der Waals surface area contributed by atoms with E-state index in [1.165, 1.54) is 19.1 Å². The van der Waals surface area contributed by atoms with Gasteiger partial charge < -0.3 is 61.4 Å². The van der Waals surface area contributed by atoms with Crippen LogP contribution in [0.4, 0.5) is 15.3 Å². The number of carbonyl (C=O) groups excluding carboxylic acids is 8. The molecule has 1 fully saturated rings. The van der Waals surface area contributed by atoms with Crippen LogP contribution in [0.25, 0.3) is 0 Å². The lowest BCUT2D eigenvalue weighted by Gasteiger charge is -2.41. The van der Waals surface area contributed by atoms with Crippen LogP contribution < -0.4 is 27.4 Å². The van der Waals surface area contributed by atoms with Gasteiger partial charge in [0.05, 0.1) is 48.9 Å². The number of likely N-dealkylation sites (N-methyl/N-ethyl adjacent to an activating group) is 2. The molecule has 1 aliphatic heterocycles. The normalized spacial score (nSPS) is 17.7. The second kappa shape index (κ2) is 33.1. The molecule has 20 nitrogen and oxygen atoms in total. The van der Waals surface area contributed by atoms with E-state index in [1.807, 2.05) is 85.7 Å². The van der Waals surface area contributed by atoms with Crippen LogP contribution in [0.3, 0.4) is 0 Å². The van der Waals surface area contributed by atoms with Crippen molar-refractivity contribution in [2.45, 2.75) is 176 Å². The van der Waals surface area contributed by atoms with E-state index in [0.717, 1.165) is 12.0 Å². The van der Waals surface area contributed by atoms with Crippen molar-refractivity contribution in [2.24, 2.45) is 52.9 Å². The summed E-state index contributed by atoms with van der Waals surface area (Å²) in [5, 5.41) is 19.0. The molecule has 80 heavy (non-hydrogen) atoms. The molecule has 448 valence electrons. The third-order valence-electron chi connectivity index (χ3n) is 16.0. The number of benzene rings is 2. The minimum absolute atomic E-state index is 0.0387. The number of carbonyl (C=O) groups is 8. The molecule has 0 spiro atoms. The third kappa shape index (κ3) is 19.6. The summed E-state index contributed by atoms with van der Waals surface area (Å²) in [7, 11) is 6.27. The molecule has 2 aromatic carbocycles. The molecule has 0 bridgehead atoms. The van der Waals surface area contributed by atoms with E-state index in [0.29, 0.717) is 37.1 Å². The molecule has 0 saturated carbocycles. The van der Waals surface area contributed by atoms with Crippen molar-refractivity contribution in [3.8, 4) is 0 Å². The number of hydrogen-bond donors (Lipinski definition) is 6. The molecule has 1 saturated heterocycles. The summed E-state index contributed by atoms with van der Waals surface area (Å²) in [5.41, 5.74) is 12.9. The Labute approximate surface area is 475 Å². The molecule has 0 aromatic heterocycles. The zero-order chi connectivity index (χ0) is 60.1. The number of amides is 7. The van der Waals surface area contributed by atoms with Crippen molar-refractivity contribution in [2.75, 3.05) is 46.7 Å². The van der Waals surface area contributed by atoms with E-state index in [2.05, 4.69) is 16.0 Å². The topological polar surface area (TPSA) is 282 Å². The van der Waals surface area contributed by atoms with E-state index < -0.39 is 78.3 Å². The van der Waals surface area contributed by atoms with Gasteiger partial charge in [-0.3, -0.25) is 28.8 Å². The second-order valence-electron chi connectivity index (χ2n) is 22.9. The Bertz CT molecular complexity index is 2320. The molecule has 0 radical (unpaired) electrons. The first-order valence-corrected chi connectivity index (χ1v) is 28.5. The zero-order valence-corrected chi connectivity index (χ0v) is 50.1. The molecule has 0 aliphatic carbocycles. The van der Waals surface area contributed by atoms with Crippen molar-refractivity contribution in [3.05, 3.63) is 65.7 Å². The van der Waals surface area contributed by atoms with Gasteiger partial charge in [0, 0.05) is 71.8 Å². The first-order chi connectivity index (χ1) is 37.7. The number of methoxy groups -OCH3 is 2. The molecule has 1 aliphatic rings. The number of primary amides is 1. The number of ketones is 2. The zero-order valence-electron chi connectivity index (χ0n) is 50.1. The van der Waals surface area contributed by atoms with Gasteiger partial charge in [-0.05, 0) is 78.5 Å². The number of nitrogens with one attached hydrogen (secondary N) is 3. The number of rotatable bonds is 33. The number of nitrogens with zero attached hydrogens (tertiary/aromatic N) is 3. The Balaban J connectivity index is 1.70. The lowest BCUT2D eigenvalue weighted by molar-refractivity contribution is -0.149. The standard InChI is InChI=1S/C60H96N8O12/c1-15-38(8)53(49(78-13)33-50(71)68-30-20-24-46(68)55(79-14)40(10)47(69)31-39(9)54(72)42-21-17-16-18-22-42)66(11)58(75)44(35(2)3)32-48(70)52(37(6)7)67(12)60(77)80-34-41-25-27-43(28-26-41)64-56(73)45(23-19-29-63-59(62)76)65-57(74)51(61)36(4)5/h16-18,21-22,25-28,35-40,44-46,49,51-55,72H,15,19-20,23-24,29-34,61H2,1-14H3,(H,64,73)(H,65,74)(H3,62,63,76)/t38-,39-,40-,44-,45-,46-,49+,51-,52-,53-,54+,55+/m0/s1. The number of anilines is 1. The first kappa shape index (κ1) is 68.3. The predicted octanol–water partition coefficient (Wildman–Crippen LogP) is 6.62. The molecule has 2 aromatic rings. The molecule has 3 rings (SSSR count). The fraction of sp³-hybridized carbons (Fsp3) is 0.667. The van der Waals surface area contributed by atoms with Crippen LogP contribution in [0.1, 0.15) is 138 Å². The summed E-state index contributed by atoms with van der Waals surface area (Å²) >= 11 is 0. The number of ether oxygens (including phenoxy) is 3. The van der Waals surface area contributed by atoms with Crippen LogP contribution >= 0.6 is 0 Å². The van der Waals surface area contributed by atoms with Crippen molar-refractivity contribution in [3.63, 3.8) is 0 Å². The van der Waals surface area contributed by atoms with Gasteiger partial charge in [-0.15, -0.1) is 0 Å². The molecule has 0 unspecified atom stereocenters. The van der Waals surface area contributed by atoms with Crippen LogP contribution in [-0.4, -0.2) is 151 Å². The van der Waals surface area contributed by atoms with E-state index in [-0.39, 0.29) is 97.8 Å². The molecular formula is C60H96N8O12. The average Bonchev–Trinajstić information content (AvgIpc) is 3.91. The summed E-state index contributed by atoms with van der Waals surface area (Å²) < 4.78 is 17.8. The monoisotopic (exact) mass is 1120 g/mol. The Morgan fingerprint density at radius 3 is 1.96 bits per heavy atom. The summed E-state index contributed by atoms with van der Waals surface area (Å²) in [6, 6.07) is 11.4. The van der Waals surface area contributed by atoms with Crippen LogP contribution in [0, 0.1) is 41.4 Å². The average molecular weight is 1120 g/mol. The first-order valence-electron chi connectivity index (χ1n) is 28.5. The highest BCUT2D eigenvalue weighted by Crippen LogP contribution is 2.33. The van der Waals surface area contributed by atoms with Crippen LogP contribution in [-0.2, 0) is 49.6 Å². The Hall–Kier alpha value is -5.96. The molecule has 1 heterocycles. The number of likely N-dealkylation sites (tertiary alicyclic amines) is 1. The smallest absolute Gasteiger partial charge is 0.410 e. The van der Waals surface area contributed by atoms with Gasteiger partial charge in [-0.1, -0.05) is 118 Å². The number of urea groups is 1. The van der Waals surface area contributed by atoms with Crippen LogP contribution in [0.2, 0.25) is 0 Å². The number of aliphatic hydroxyl groups excluding tert-OH is 1. The summed E-state index contributed by atoms with van der Waals surface area (Å²) in [6.07, 6.45) is -0.350.